The van der Waals surface area contributed by atoms with Crippen LogP contribution in [-0.4, -0.2) is 35.6 Å². The van der Waals surface area contributed by atoms with Crippen molar-refractivity contribution in [1.29, 1.82) is 0 Å². The molecule has 130 valence electrons. The first-order valence-corrected chi connectivity index (χ1v) is 7.95. The maximum absolute atomic E-state index is 12.7. The number of carbonyl (C=O) groups is 2. The van der Waals surface area contributed by atoms with Gasteiger partial charge in [-0.15, -0.1) is 0 Å². The zero-order valence-corrected chi connectivity index (χ0v) is 14.0. The Labute approximate surface area is 145 Å². The Bertz CT molecular complexity index is 778. The van der Waals surface area contributed by atoms with Crippen LogP contribution < -0.4 is 20.3 Å². The van der Waals surface area contributed by atoms with E-state index in [9.17, 15) is 9.59 Å². The van der Waals surface area contributed by atoms with Gasteiger partial charge in [0.25, 0.3) is 0 Å². The fourth-order valence-corrected chi connectivity index (χ4v) is 2.62. The zero-order chi connectivity index (χ0) is 17.8. The summed E-state index contributed by atoms with van der Waals surface area (Å²) in [6, 6.07) is 6.35. The van der Waals surface area contributed by atoms with Crippen molar-refractivity contribution in [3.63, 3.8) is 0 Å². The Hall–Kier alpha value is -3.16. The summed E-state index contributed by atoms with van der Waals surface area (Å²) in [4.78, 5) is 34.4. The lowest BCUT2D eigenvalue weighted by molar-refractivity contribution is -0.115. The van der Waals surface area contributed by atoms with Crippen LogP contribution in [0, 0.1) is 0 Å². The number of hydrogen-bond acceptors (Lipinski definition) is 5. The molecule has 8 heteroatoms. The summed E-state index contributed by atoms with van der Waals surface area (Å²) in [6.07, 6.45) is 3.84. The van der Waals surface area contributed by atoms with Crippen LogP contribution in [0.5, 0.6) is 5.75 Å². The first-order valence-electron chi connectivity index (χ1n) is 7.95. The molecule has 0 fully saturated rings. The fourth-order valence-electron chi connectivity index (χ4n) is 2.62. The molecular weight excluding hydrogens is 322 g/mol. The van der Waals surface area contributed by atoms with E-state index >= 15 is 0 Å². The first kappa shape index (κ1) is 16.7. The molecule has 1 unspecified atom stereocenters. The average molecular weight is 341 g/mol. The summed E-state index contributed by atoms with van der Waals surface area (Å²) >= 11 is 0. The molecule has 0 saturated heterocycles. The minimum atomic E-state index is -0.390. The van der Waals surface area contributed by atoms with Gasteiger partial charge in [0.05, 0.1) is 30.7 Å². The molecule has 25 heavy (non-hydrogen) atoms. The average Bonchev–Trinajstić information content (AvgIpc) is 2.65. The molecule has 0 aliphatic carbocycles. The van der Waals surface area contributed by atoms with Gasteiger partial charge in [0.15, 0.2) is 5.82 Å². The summed E-state index contributed by atoms with van der Waals surface area (Å²) in [6.45, 7) is 1.87. The Balaban J connectivity index is 1.79. The highest BCUT2D eigenvalue weighted by Gasteiger charge is 2.29. The topological polar surface area (TPSA) is 96.5 Å². The molecule has 3 rings (SSSR count). The van der Waals surface area contributed by atoms with Crippen LogP contribution in [0.25, 0.3) is 0 Å². The quantitative estimate of drug-likeness (QED) is 0.888. The smallest absolute Gasteiger partial charge is 0.324 e. The largest absolute Gasteiger partial charge is 0.495 e. The fraction of sp³-hybridized carbons (Fsp3) is 0.294. The van der Waals surface area contributed by atoms with Gasteiger partial charge in [-0.25, -0.2) is 9.78 Å². The van der Waals surface area contributed by atoms with Gasteiger partial charge in [-0.05, 0) is 30.7 Å². The number of aromatic nitrogens is 2. The van der Waals surface area contributed by atoms with Crippen LogP contribution in [0.2, 0.25) is 0 Å². The third kappa shape index (κ3) is 3.52. The highest BCUT2D eigenvalue weighted by atomic mass is 16.5. The van der Waals surface area contributed by atoms with E-state index in [1.54, 1.807) is 37.7 Å². The molecule has 0 aromatic carbocycles. The van der Waals surface area contributed by atoms with E-state index in [1.807, 2.05) is 13.0 Å². The molecule has 2 aromatic heterocycles. The monoisotopic (exact) mass is 341 g/mol. The SMILES string of the molecule is CCC(NC(=O)N1CC(=O)Nc2cccnc21)c1ccc(OC)cn1. The molecule has 2 aromatic rings. The summed E-state index contributed by atoms with van der Waals surface area (Å²) in [5.41, 5.74) is 1.24. The molecule has 1 atom stereocenters. The van der Waals surface area contributed by atoms with Crippen molar-refractivity contribution in [3.05, 3.63) is 42.4 Å². The number of carbonyl (C=O) groups excluding carboxylic acids is 2. The molecule has 0 radical (unpaired) electrons. The molecule has 3 heterocycles. The van der Waals surface area contributed by atoms with Gasteiger partial charge >= 0.3 is 6.03 Å². The van der Waals surface area contributed by atoms with Gasteiger partial charge in [0.2, 0.25) is 5.91 Å². The van der Waals surface area contributed by atoms with Crippen molar-refractivity contribution in [3.8, 4) is 5.75 Å². The predicted molar refractivity (Wildman–Crippen MR) is 92.6 cm³/mol. The van der Waals surface area contributed by atoms with Gasteiger partial charge in [-0.2, -0.15) is 0 Å². The minimum Gasteiger partial charge on any atom is -0.495 e. The van der Waals surface area contributed by atoms with Gasteiger partial charge in [0.1, 0.15) is 12.3 Å². The van der Waals surface area contributed by atoms with Crippen LogP contribution in [0.4, 0.5) is 16.3 Å². The number of pyridine rings is 2. The highest BCUT2D eigenvalue weighted by molar-refractivity contribution is 6.08. The summed E-state index contributed by atoms with van der Waals surface area (Å²) in [7, 11) is 1.57. The number of nitrogens with one attached hydrogen (secondary N) is 2. The summed E-state index contributed by atoms with van der Waals surface area (Å²) < 4.78 is 5.10. The van der Waals surface area contributed by atoms with E-state index in [4.69, 9.17) is 4.74 Å². The second kappa shape index (κ2) is 7.16. The van der Waals surface area contributed by atoms with Crippen molar-refractivity contribution >= 4 is 23.4 Å². The third-order valence-corrected chi connectivity index (χ3v) is 3.92. The predicted octanol–water partition coefficient (Wildman–Crippen LogP) is 2.10. The Morgan fingerprint density at radius 1 is 1.40 bits per heavy atom. The number of hydrogen-bond donors (Lipinski definition) is 2. The van der Waals surface area contributed by atoms with Crippen LogP contribution in [0.3, 0.4) is 0 Å². The Morgan fingerprint density at radius 2 is 2.24 bits per heavy atom. The highest BCUT2D eigenvalue weighted by Crippen LogP contribution is 2.27. The normalized spacial score (nSPS) is 14.3. The summed E-state index contributed by atoms with van der Waals surface area (Å²) in [5, 5.41) is 5.62. The maximum Gasteiger partial charge on any atom is 0.324 e. The van der Waals surface area contributed by atoms with E-state index in [0.717, 1.165) is 5.69 Å². The van der Waals surface area contributed by atoms with Crippen LogP contribution in [0.15, 0.2) is 36.7 Å². The molecular formula is C17H19N5O3. The molecule has 1 aliphatic rings. The van der Waals surface area contributed by atoms with Crippen molar-refractivity contribution in [2.24, 2.45) is 0 Å². The van der Waals surface area contributed by atoms with E-state index in [0.29, 0.717) is 23.7 Å². The number of rotatable bonds is 4. The molecule has 3 amide bonds. The van der Waals surface area contributed by atoms with E-state index in [-0.39, 0.29) is 24.5 Å². The van der Waals surface area contributed by atoms with Crippen molar-refractivity contribution in [1.82, 2.24) is 15.3 Å². The van der Waals surface area contributed by atoms with Gasteiger partial charge < -0.3 is 15.4 Å². The number of urea groups is 1. The van der Waals surface area contributed by atoms with Gasteiger partial charge in [0, 0.05) is 6.20 Å². The van der Waals surface area contributed by atoms with Gasteiger partial charge in [-0.3, -0.25) is 14.7 Å². The first-order chi connectivity index (χ1) is 12.1. The number of fused-ring (bicyclic) bond motifs is 1. The molecule has 0 spiro atoms. The van der Waals surface area contributed by atoms with Crippen LogP contribution >= 0.6 is 0 Å². The molecule has 2 N–H and O–H groups in total. The summed E-state index contributed by atoms with van der Waals surface area (Å²) in [5.74, 6) is 0.819. The number of nitrogens with zero attached hydrogens (tertiary/aromatic N) is 3. The van der Waals surface area contributed by atoms with Crippen molar-refractivity contribution in [2.75, 3.05) is 23.9 Å². The second-order valence-corrected chi connectivity index (χ2v) is 5.54. The zero-order valence-electron chi connectivity index (χ0n) is 14.0. The number of amides is 3. The van der Waals surface area contributed by atoms with E-state index in [1.165, 1.54) is 4.90 Å². The van der Waals surface area contributed by atoms with Gasteiger partial charge in [-0.1, -0.05) is 6.92 Å². The number of anilines is 2. The van der Waals surface area contributed by atoms with Crippen molar-refractivity contribution < 1.29 is 14.3 Å². The number of methoxy groups -OCH3 is 1. The minimum absolute atomic E-state index is 0.0810. The third-order valence-electron chi connectivity index (χ3n) is 3.92. The lowest BCUT2D eigenvalue weighted by Gasteiger charge is -2.29. The standard InChI is InChI=1S/C17H19N5O3/c1-3-12(13-7-6-11(25-2)9-19-13)21-17(24)22-10-15(23)20-14-5-4-8-18-16(14)22/h4-9,12H,3,10H2,1-2H3,(H,20,23)(H,21,24). The molecule has 0 bridgehead atoms. The lowest BCUT2D eigenvalue weighted by atomic mass is 10.1. The maximum atomic E-state index is 12.7. The van der Waals surface area contributed by atoms with Crippen molar-refractivity contribution in [2.45, 2.75) is 19.4 Å². The lowest BCUT2D eigenvalue weighted by Crippen LogP contribution is -2.48. The molecule has 8 nitrogen and oxygen atoms in total. The van der Waals surface area contributed by atoms with E-state index < -0.39 is 0 Å². The number of ether oxygens (including phenoxy) is 1. The van der Waals surface area contributed by atoms with E-state index in [2.05, 4.69) is 20.6 Å². The molecule has 1 aliphatic heterocycles. The Morgan fingerprint density at radius 3 is 2.92 bits per heavy atom. The van der Waals surface area contributed by atoms with Crippen LogP contribution in [0.1, 0.15) is 25.1 Å². The molecule has 0 saturated carbocycles. The second-order valence-electron chi connectivity index (χ2n) is 5.54. The Kier molecular flexibility index (Phi) is 4.78. The van der Waals surface area contributed by atoms with Crippen LogP contribution in [-0.2, 0) is 4.79 Å².